The van der Waals surface area contributed by atoms with Gasteiger partial charge in [0.2, 0.25) is 10.0 Å². The van der Waals surface area contributed by atoms with Crippen molar-refractivity contribution in [1.29, 1.82) is 0 Å². The van der Waals surface area contributed by atoms with Crippen molar-refractivity contribution in [2.45, 2.75) is 17.4 Å². The zero-order valence-corrected chi connectivity index (χ0v) is 13.0. The molecule has 5 nitrogen and oxygen atoms in total. The highest BCUT2D eigenvalue weighted by atomic mass is 35.5. The molecule has 2 aromatic rings. The normalized spacial score (nSPS) is 12.8. The van der Waals surface area contributed by atoms with E-state index in [0.717, 1.165) is 0 Å². The Morgan fingerprint density at radius 2 is 1.68 bits per heavy atom. The molecule has 0 bridgehead atoms. The molecule has 2 aromatic carbocycles. The molecule has 0 radical (unpaired) electrons. The molecule has 2 rings (SSSR count). The Bertz CT molecular complexity index is 745. The number of carbonyl (C=O) groups is 1. The van der Waals surface area contributed by atoms with E-state index in [1.165, 1.54) is 12.1 Å². The van der Waals surface area contributed by atoms with Crippen LogP contribution in [0.15, 0.2) is 59.5 Å². The predicted octanol–water partition coefficient (Wildman–Crippen LogP) is 2.31. The van der Waals surface area contributed by atoms with Gasteiger partial charge in [0.05, 0.1) is 4.90 Å². The molecule has 0 heterocycles. The van der Waals surface area contributed by atoms with E-state index in [1.807, 2.05) is 0 Å². The molecule has 0 aliphatic heterocycles. The SMILES string of the molecule is O=C(O)C(Cc1ccc(Cl)cc1)NS(=O)(=O)c1ccccc1. The summed E-state index contributed by atoms with van der Waals surface area (Å²) in [6.07, 6.45) is 0.0264. The van der Waals surface area contributed by atoms with Crippen molar-refractivity contribution < 1.29 is 18.3 Å². The maximum Gasteiger partial charge on any atom is 0.322 e. The summed E-state index contributed by atoms with van der Waals surface area (Å²) in [5.74, 6) is -1.24. The smallest absolute Gasteiger partial charge is 0.322 e. The summed E-state index contributed by atoms with van der Waals surface area (Å²) in [5, 5.41) is 9.77. The fraction of sp³-hybridized carbons (Fsp3) is 0.133. The molecular weight excluding hydrogens is 326 g/mol. The molecule has 7 heteroatoms. The lowest BCUT2D eigenvalue weighted by atomic mass is 10.1. The molecule has 0 fully saturated rings. The second-order valence-corrected chi connectivity index (χ2v) is 6.81. The van der Waals surface area contributed by atoms with Crippen molar-refractivity contribution >= 4 is 27.6 Å². The van der Waals surface area contributed by atoms with E-state index in [2.05, 4.69) is 4.72 Å². The Morgan fingerprint density at radius 1 is 1.09 bits per heavy atom. The third-order valence-corrected chi connectivity index (χ3v) is 4.74. The molecule has 0 amide bonds. The van der Waals surface area contributed by atoms with Gasteiger partial charge in [-0.3, -0.25) is 4.79 Å². The van der Waals surface area contributed by atoms with Crippen LogP contribution in [0.25, 0.3) is 0 Å². The number of carboxylic acids is 1. The van der Waals surface area contributed by atoms with Gasteiger partial charge in [-0.15, -0.1) is 0 Å². The molecule has 0 aliphatic rings. The van der Waals surface area contributed by atoms with E-state index >= 15 is 0 Å². The molecule has 0 aliphatic carbocycles. The van der Waals surface area contributed by atoms with Crippen LogP contribution >= 0.6 is 11.6 Å². The molecule has 22 heavy (non-hydrogen) atoms. The first-order chi connectivity index (χ1) is 10.4. The zero-order valence-electron chi connectivity index (χ0n) is 11.4. The minimum Gasteiger partial charge on any atom is -0.480 e. The number of nitrogens with one attached hydrogen (secondary N) is 1. The van der Waals surface area contributed by atoms with Gasteiger partial charge in [-0.2, -0.15) is 4.72 Å². The highest BCUT2D eigenvalue weighted by Crippen LogP contribution is 2.13. The van der Waals surface area contributed by atoms with E-state index in [-0.39, 0.29) is 11.3 Å². The van der Waals surface area contributed by atoms with E-state index in [9.17, 15) is 18.3 Å². The molecule has 0 saturated heterocycles. The molecule has 116 valence electrons. The number of sulfonamides is 1. The molecular formula is C15H14ClNO4S. The number of hydrogen-bond acceptors (Lipinski definition) is 3. The molecule has 1 atom stereocenters. The van der Waals surface area contributed by atoms with Crippen LogP contribution in [0.2, 0.25) is 5.02 Å². The number of halogens is 1. The summed E-state index contributed by atoms with van der Waals surface area (Å²) < 4.78 is 26.6. The Hall–Kier alpha value is -1.89. The Kier molecular flexibility index (Phi) is 5.18. The van der Waals surface area contributed by atoms with Gasteiger partial charge in [-0.1, -0.05) is 41.9 Å². The van der Waals surface area contributed by atoms with Gasteiger partial charge in [0.15, 0.2) is 0 Å². The summed E-state index contributed by atoms with van der Waals surface area (Å²) in [6.45, 7) is 0. The summed E-state index contributed by atoms with van der Waals surface area (Å²) in [6, 6.07) is 13.0. The number of carboxylic acid groups (broad SMARTS) is 1. The predicted molar refractivity (Wildman–Crippen MR) is 83.3 cm³/mol. The average Bonchev–Trinajstić information content (AvgIpc) is 2.49. The largest absolute Gasteiger partial charge is 0.480 e. The average molecular weight is 340 g/mol. The molecule has 0 spiro atoms. The molecule has 0 saturated carbocycles. The van der Waals surface area contributed by atoms with Gasteiger partial charge >= 0.3 is 5.97 Å². The highest BCUT2D eigenvalue weighted by Gasteiger charge is 2.25. The summed E-state index contributed by atoms with van der Waals surface area (Å²) in [7, 11) is -3.89. The van der Waals surface area contributed by atoms with Crippen LogP contribution in [-0.4, -0.2) is 25.5 Å². The van der Waals surface area contributed by atoms with E-state index in [4.69, 9.17) is 11.6 Å². The zero-order chi connectivity index (χ0) is 16.2. The number of rotatable bonds is 6. The second kappa shape index (κ2) is 6.91. The second-order valence-electron chi connectivity index (χ2n) is 4.66. The van der Waals surface area contributed by atoms with Crippen molar-refractivity contribution in [1.82, 2.24) is 4.72 Å². The monoisotopic (exact) mass is 339 g/mol. The lowest BCUT2D eigenvalue weighted by Crippen LogP contribution is -2.42. The fourth-order valence-corrected chi connectivity index (χ4v) is 3.23. The van der Waals surface area contributed by atoms with Crippen LogP contribution in [0.3, 0.4) is 0 Å². The fourth-order valence-electron chi connectivity index (χ4n) is 1.89. The van der Waals surface area contributed by atoms with Crippen molar-refractivity contribution in [3.63, 3.8) is 0 Å². The van der Waals surface area contributed by atoms with Crippen LogP contribution in [0.4, 0.5) is 0 Å². The van der Waals surface area contributed by atoms with Gasteiger partial charge in [0.25, 0.3) is 0 Å². The molecule has 1 unspecified atom stereocenters. The van der Waals surface area contributed by atoms with Gasteiger partial charge < -0.3 is 5.11 Å². The first kappa shape index (κ1) is 16.5. The van der Waals surface area contributed by atoms with E-state index < -0.39 is 22.0 Å². The lowest BCUT2D eigenvalue weighted by Gasteiger charge is -2.15. The third kappa shape index (κ3) is 4.30. The topological polar surface area (TPSA) is 83.5 Å². The van der Waals surface area contributed by atoms with Gasteiger partial charge in [0, 0.05) is 5.02 Å². The van der Waals surface area contributed by atoms with Crippen LogP contribution in [0.5, 0.6) is 0 Å². The Morgan fingerprint density at radius 3 is 2.23 bits per heavy atom. The lowest BCUT2D eigenvalue weighted by molar-refractivity contribution is -0.138. The third-order valence-electron chi connectivity index (χ3n) is 3.00. The van der Waals surface area contributed by atoms with Gasteiger partial charge in [-0.05, 0) is 36.2 Å². The Balaban J connectivity index is 2.19. The number of aliphatic carboxylic acids is 1. The van der Waals surface area contributed by atoms with Crippen LogP contribution in [0.1, 0.15) is 5.56 Å². The van der Waals surface area contributed by atoms with Crippen LogP contribution in [-0.2, 0) is 21.2 Å². The molecule has 2 N–H and O–H groups in total. The Labute approximate surface area is 133 Å². The summed E-state index contributed by atoms with van der Waals surface area (Å²) in [5.41, 5.74) is 0.674. The maximum absolute atomic E-state index is 12.2. The maximum atomic E-state index is 12.2. The van der Waals surface area contributed by atoms with Crippen LogP contribution < -0.4 is 4.72 Å². The van der Waals surface area contributed by atoms with E-state index in [1.54, 1.807) is 42.5 Å². The first-order valence-corrected chi connectivity index (χ1v) is 8.29. The highest BCUT2D eigenvalue weighted by molar-refractivity contribution is 7.89. The summed E-state index contributed by atoms with van der Waals surface area (Å²) in [4.78, 5) is 11.4. The van der Waals surface area contributed by atoms with Crippen molar-refractivity contribution in [3.8, 4) is 0 Å². The van der Waals surface area contributed by atoms with E-state index in [0.29, 0.717) is 10.6 Å². The minimum absolute atomic E-state index is 0.0253. The van der Waals surface area contributed by atoms with Crippen molar-refractivity contribution in [2.24, 2.45) is 0 Å². The quantitative estimate of drug-likeness (QED) is 0.846. The van der Waals surface area contributed by atoms with Crippen LogP contribution in [0, 0.1) is 0 Å². The standard InChI is InChI=1S/C15H14ClNO4S/c16-12-8-6-11(7-9-12)10-14(15(18)19)17-22(20,21)13-4-2-1-3-5-13/h1-9,14,17H,10H2,(H,18,19). The summed E-state index contributed by atoms with van der Waals surface area (Å²) >= 11 is 5.77. The van der Waals surface area contributed by atoms with Crippen molar-refractivity contribution in [2.75, 3.05) is 0 Å². The number of hydrogen-bond donors (Lipinski definition) is 2. The molecule has 0 aromatic heterocycles. The minimum atomic E-state index is -3.89. The van der Waals surface area contributed by atoms with Gasteiger partial charge in [0.1, 0.15) is 6.04 Å². The number of benzene rings is 2. The van der Waals surface area contributed by atoms with Crippen molar-refractivity contribution in [3.05, 3.63) is 65.2 Å². The first-order valence-electron chi connectivity index (χ1n) is 6.43. The van der Waals surface area contributed by atoms with Gasteiger partial charge in [-0.25, -0.2) is 8.42 Å².